The fraction of sp³-hybridized carbons (Fsp3) is 0.803. The molecule has 0 aliphatic carbocycles. The van der Waals surface area contributed by atoms with E-state index in [2.05, 4.69) is 93.7 Å². The molecule has 0 rings (SSSR count). The number of unbranched alkanes of at least 4 members (excludes halogenated alkanes) is 43. The Kier molecular flexibility index (Phi) is 67.6. The van der Waals surface area contributed by atoms with E-state index < -0.39 is 6.10 Å². The molecule has 0 heterocycles. The van der Waals surface area contributed by atoms with E-state index in [1.54, 1.807) is 0 Å². The van der Waals surface area contributed by atoms with Crippen LogP contribution in [0.1, 0.15) is 374 Å². The lowest BCUT2D eigenvalue weighted by Gasteiger charge is -2.18. The van der Waals surface area contributed by atoms with Crippen molar-refractivity contribution in [3.8, 4) is 0 Å². The van der Waals surface area contributed by atoms with Crippen LogP contribution >= 0.6 is 0 Å². The highest BCUT2D eigenvalue weighted by Gasteiger charge is 2.19. The summed E-state index contributed by atoms with van der Waals surface area (Å²) < 4.78 is 17.0. The van der Waals surface area contributed by atoms with Gasteiger partial charge in [-0.05, 0) is 89.9 Å². The molecule has 476 valence electrons. The zero-order valence-corrected chi connectivity index (χ0v) is 54.8. The number of hydrogen-bond acceptors (Lipinski definition) is 6. The van der Waals surface area contributed by atoms with Crippen molar-refractivity contribution in [2.75, 3.05) is 13.2 Å². The Bertz CT molecular complexity index is 1500. The Morgan fingerprint density at radius 3 is 0.756 bits per heavy atom. The number of carbonyl (C=O) groups is 3. The van der Waals surface area contributed by atoms with Crippen LogP contribution in [0.5, 0.6) is 0 Å². The molecule has 0 fully saturated rings. The molecule has 0 aromatic rings. The van der Waals surface area contributed by atoms with Crippen LogP contribution in [0, 0.1) is 0 Å². The van der Waals surface area contributed by atoms with Gasteiger partial charge in [0.1, 0.15) is 13.2 Å². The number of carbonyl (C=O) groups excluding carboxylic acids is 3. The van der Waals surface area contributed by atoms with E-state index in [0.29, 0.717) is 19.3 Å². The highest BCUT2D eigenvalue weighted by Crippen LogP contribution is 2.18. The Morgan fingerprint density at radius 1 is 0.256 bits per heavy atom. The summed E-state index contributed by atoms with van der Waals surface area (Å²) in [6, 6.07) is 0. The Labute approximate surface area is 510 Å². The van der Waals surface area contributed by atoms with Gasteiger partial charge in [-0.1, -0.05) is 338 Å². The van der Waals surface area contributed by atoms with Gasteiger partial charge in [0.15, 0.2) is 6.10 Å². The minimum atomic E-state index is -0.785. The van der Waals surface area contributed by atoms with Gasteiger partial charge in [-0.25, -0.2) is 0 Å². The van der Waals surface area contributed by atoms with Crippen LogP contribution in [0.25, 0.3) is 0 Å². The fourth-order valence-electron chi connectivity index (χ4n) is 10.6. The molecule has 0 radical (unpaired) electrons. The van der Waals surface area contributed by atoms with Crippen LogP contribution < -0.4 is 0 Å². The van der Waals surface area contributed by atoms with Gasteiger partial charge in [-0.15, -0.1) is 0 Å². The Balaban J connectivity index is 4.19. The maximum atomic E-state index is 12.9. The van der Waals surface area contributed by atoms with Crippen molar-refractivity contribution < 1.29 is 28.6 Å². The van der Waals surface area contributed by atoms with Gasteiger partial charge in [0.05, 0.1) is 0 Å². The van der Waals surface area contributed by atoms with Crippen LogP contribution in [0.2, 0.25) is 0 Å². The molecule has 82 heavy (non-hydrogen) atoms. The SMILES string of the molecule is CC/C=C\C/C=C\C/C=C\C/C=C\C/C=C\CCCCCCCC(=O)OC(COC(=O)CCCCCCCCCCCCCC)COC(=O)CCCCCCCCCCCCCCCCCCCCC/C=C\CCCCCCCCCC. The smallest absolute Gasteiger partial charge is 0.306 e. The van der Waals surface area contributed by atoms with Gasteiger partial charge < -0.3 is 14.2 Å². The highest BCUT2D eigenvalue weighted by atomic mass is 16.6. The van der Waals surface area contributed by atoms with Crippen molar-refractivity contribution in [1.82, 2.24) is 0 Å². The Morgan fingerprint density at radius 2 is 0.476 bits per heavy atom. The lowest BCUT2D eigenvalue weighted by Crippen LogP contribution is -2.30. The number of rotatable bonds is 66. The fourth-order valence-corrected chi connectivity index (χ4v) is 10.6. The van der Waals surface area contributed by atoms with Gasteiger partial charge in [0, 0.05) is 19.3 Å². The minimum absolute atomic E-state index is 0.0791. The van der Waals surface area contributed by atoms with E-state index >= 15 is 0 Å². The zero-order chi connectivity index (χ0) is 59.2. The second-order valence-electron chi connectivity index (χ2n) is 24.1. The van der Waals surface area contributed by atoms with Crippen LogP contribution in [0.15, 0.2) is 72.9 Å². The summed E-state index contributed by atoms with van der Waals surface area (Å²) >= 11 is 0. The first kappa shape index (κ1) is 78.8. The second-order valence-corrected chi connectivity index (χ2v) is 24.1. The molecule has 0 aromatic carbocycles. The van der Waals surface area contributed by atoms with Crippen molar-refractivity contribution in [2.24, 2.45) is 0 Å². The maximum Gasteiger partial charge on any atom is 0.306 e. The van der Waals surface area contributed by atoms with Crippen molar-refractivity contribution in [3.05, 3.63) is 72.9 Å². The normalized spacial score (nSPS) is 12.5. The van der Waals surface area contributed by atoms with Crippen molar-refractivity contribution in [3.63, 3.8) is 0 Å². The molecular weight excluding hydrogens is 1010 g/mol. The third kappa shape index (κ3) is 67.6. The van der Waals surface area contributed by atoms with Gasteiger partial charge in [-0.2, -0.15) is 0 Å². The monoisotopic (exact) mass is 1150 g/mol. The molecular formula is C76H136O6. The summed E-state index contributed by atoms with van der Waals surface area (Å²) in [5.74, 6) is -0.877. The second kappa shape index (κ2) is 70.3. The van der Waals surface area contributed by atoms with E-state index in [4.69, 9.17) is 14.2 Å². The number of ether oxygens (including phenoxy) is 3. The van der Waals surface area contributed by atoms with Crippen LogP contribution in [0.4, 0.5) is 0 Å². The van der Waals surface area contributed by atoms with E-state index in [9.17, 15) is 14.4 Å². The molecule has 0 bridgehead atoms. The number of hydrogen-bond donors (Lipinski definition) is 0. The van der Waals surface area contributed by atoms with E-state index in [-0.39, 0.29) is 31.1 Å². The van der Waals surface area contributed by atoms with Gasteiger partial charge in [-0.3, -0.25) is 14.4 Å². The topological polar surface area (TPSA) is 78.9 Å². The predicted octanol–water partition coefficient (Wildman–Crippen LogP) is 24.8. The summed E-state index contributed by atoms with van der Waals surface area (Å²) in [7, 11) is 0. The van der Waals surface area contributed by atoms with Gasteiger partial charge in [0.2, 0.25) is 0 Å². The van der Waals surface area contributed by atoms with Crippen molar-refractivity contribution in [2.45, 2.75) is 380 Å². The third-order valence-corrected chi connectivity index (χ3v) is 15.9. The summed E-state index contributed by atoms with van der Waals surface area (Å²) in [6.45, 7) is 6.56. The summed E-state index contributed by atoms with van der Waals surface area (Å²) in [6.07, 6.45) is 92.3. The van der Waals surface area contributed by atoms with Gasteiger partial charge >= 0.3 is 17.9 Å². The molecule has 0 aliphatic heterocycles. The lowest BCUT2D eigenvalue weighted by atomic mass is 10.0. The summed E-state index contributed by atoms with van der Waals surface area (Å²) in [4.78, 5) is 38.4. The molecule has 0 aliphatic rings. The average Bonchev–Trinajstić information content (AvgIpc) is 3.47. The molecule has 0 amide bonds. The zero-order valence-electron chi connectivity index (χ0n) is 54.8. The Hall–Kier alpha value is -3.15. The van der Waals surface area contributed by atoms with Crippen LogP contribution in [-0.2, 0) is 28.6 Å². The maximum absolute atomic E-state index is 12.9. The van der Waals surface area contributed by atoms with E-state index in [1.165, 1.54) is 225 Å². The van der Waals surface area contributed by atoms with Gasteiger partial charge in [0.25, 0.3) is 0 Å². The molecule has 1 unspecified atom stereocenters. The first-order valence-corrected chi connectivity index (χ1v) is 35.9. The average molecular weight is 1150 g/mol. The standard InChI is InChI=1S/C76H136O6/c1-4-7-10-13-16-19-22-25-27-29-31-33-34-35-36-37-38-39-40-41-42-44-45-47-49-51-54-57-60-63-66-69-75(78)81-72-73(71-80-74(77)68-65-62-59-56-53-24-21-18-15-12-9-6-3)82-76(79)70-67-64-61-58-55-52-50-48-46-43-32-30-28-26-23-20-17-14-11-8-5-2/h8,11,17,20,26,28-29,31-32,43,48,50,73H,4-7,9-10,12-16,18-19,21-25,27,30,33-42,44-47,49,51-72H2,1-3H3/b11-8-,20-17-,28-26-,31-29-,43-32-,50-48-. The number of allylic oxidation sites excluding steroid dienone is 12. The highest BCUT2D eigenvalue weighted by molar-refractivity contribution is 5.71. The van der Waals surface area contributed by atoms with E-state index in [1.807, 2.05) is 0 Å². The molecule has 0 spiro atoms. The van der Waals surface area contributed by atoms with Crippen molar-refractivity contribution >= 4 is 17.9 Å². The molecule has 0 saturated carbocycles. The molecule has 6 nitrogen and oxygen atoms in total. The summed E-state index contributed by atoms with van der Waals surface area (Å²) in [5.41, 5.74) is 0. The molecule has 0 saturated heterocycles. The number of esters is 3. The first-order valence-electron chi connectivity index (χ1n) is 35.9. The molecule has 0 N–H and O–H groups in total. The lowest BCUT2D eigenvalue weighted by molar-refractivity contribution is -0.167. The van der Waals surface area contributed by atoms with E-state index in [0.717, 1.165) is 109 Å². The van der Waals surface area contributed by atoms with Crippen molar-refractivity contribution in [1.29, 1.82) is 0 Å². The largest absolute Gasteiger partial charge is 0.462 e. The van der Waals surface area contributed by atoms with Crippen LogP contribution in [0.3, 0.4) is 0 Å². The quantitative estimate of drug-likeness (QED) is 0.0261. The molecule has 1 atom stereocenters. The molecule has 6 heteroatoms. The predicted molar refractivity (Wildman–Crippen MR) is 358 cm³/mol. The van der Waals surface area contributed by atoms with Crippen LogP contribution in [-0.4, -0.2) is 37.2 Å². The molecule has 0 aromatic heterocycles. The third-order valence-electron chi connectivity index (χ3n) is 15.9. The minimum Gasteiger partial charge on any atom is -0.462 e. The first-order chi connectivity index (χ1) is 40.5. The summed E-state index contributed by atoms with van der Waals surface area (Å²) in [5, 5.41) is 0.